The first-order valence-corrected chi connectivity index (χ1v) is 9.60. The number of anilines is 1. The van der Waals surface area contributed by atoms with E-state index in [1.807, 2.05) is 30.3 Å². The van der Waals surface area contributed by atoms with E-state index in [1.54, 1.807) is 23.3 Å². The summed E-state index contributed by atoms with van der Waals surface area (Å²) in [7, 11) is 1.76. The van der Waals surface area contributed by atoms with Gasteiger partial charge in [-0.3, -0.25) is 9.79 Å². The van der Waals surface area contributed by atoms with Gasteiger partial charge in [-0.05, 0) is 36.9 Å². The number of hydrogen-bond donors (Lipinski definition) is 2. The number of hydrogen-bond acceptors (Lipinski definition) is 4. The molecule has 2 heterocycles. The fourth-order valence-corrected chi connectivity index (χ4v) is 3.59. The number of nitrogens with zero attached hydrogens (tertiary/aromatic N) is 2. The smallest absolute Gasteiger partial charge is 0.265 e. The lowest BCUT2D eigenvalue weighted by Gasteiger charge is -2.29. The summed E-state index contributed by atoms with van der Waals surface area (Å²) in [6.07, 6.45) is 0.814. The minimum absolute atomic E-state index is 0.00229. The van der Waals surface area contributed by atoms with E-state index >= 15 is 0 Å². The molecular weight excluding hydrogens is 348 g/mol. The maximum atomic E-state index is 12.2. The molecule has 138 valence electrons. The molecule has 7 heteroatoms. The number of carbonyl (C=O) groups is 1. The fourth-order valence-electron chi connectivity index (χ4n) is 2.85. The SMILES string of the molecule is CN=C(NCCCN1C(=O)COc2ccccc21)NC(C)c1cccs1. The van der Waals surface area contributed by atoms with Gasteiger partial charge in [0.15, 0.2) is 12.6 Å². The molecule has 26 heavy (non-hydrogen) atoms. The van der Waals surface area contributed by atoms with Crippen molar-refractivity contribution in [2.75, 3.05) is 31.6 Å². The van der Waals surface area contributed by atoms with E-state index in [1.165, 1.54) is 4.88 Å². The first-order valence-electron chi connectivity index (χ1n) is 8.72. The standard InChI is InChI=1S/C19H24N4O2S/c1-14(17-9-5-12-26-17)22-19(20-2)21-10-6-11-23-15-7-3-4-8-16(15)25-13-18(23)24/h3-5,7-9,12,14H,6,10-11,13H2,1-2H3,(H2,20,21,22). The molecule has 0 saturated heterocycles. The highest BCUT2D eigenvalue weighted by Gasteiger charge is 2.24. The second-order valence-corrected chi connectivity index (χ2v) is 7.02. The fraction of sp³-hybridized carbons (Fsp3) is 0.368. The van der Waals surface area contributed by atoms with Gasteiger partial charge in [-0.25, -0.2) is 0 Å². The Labute approximate surface area is 157 Å². The zero-order valence-electron chi connectivity index (χ0n) is 15.1. The summed E-state index contributed by atoms with van der Waals surface area (Å²) in [6, 6.07) is 12.0. The number of aliphatic imine (C=N–C) groups is 1. The van der Waals surface area contributed by atoms with Crippen LogP contribution in [0.3, 0.4) is 0 Å². The summed E-state index contributed by atoms with van der Waals surface area (Å²) in [5.74, 6) is 1.53. The molecule has 2 aromatic rings. The Morgan fingerprint density at radius 3 is 2.96 bits per heavy atom. The minimum Gasteiger partial charge on any atom is -0.482 e. The number of nitrogens with one attached hydrogen (secondary N) is 2. The molecule has 3 rings (SSSR count). The third-order valence-electron chi connectivity index (χ3n) is 4.21. The highest BCUT2D eigenvalue weighted by atomic mass is 32.1. The summed E-state index contributed by atoms with van der Waals surface area (Å²) in [6.45, 7) is 3.58. The van der Waals surface area contributed by atoms with Gasteiger partial charge in [0.1, 0.15) is 5.75 Å². The van der Waals surface area contributed by atoms with Crippen molar-refractivity contribution in [1.82, 2.24) is 10.6 Å². The van der Waals surface area contributed by atoms with Gasteiger partial charge in [-0.1, -0.05) is 18.2 Å². The van der Waals surface area contributed by atoms with Crippen molar-refractivity contribution in [3.63, 3.8) is 0 Å². The third kappa shape index (κ3) is 4.35. The van der Waals surface area contributed by atoms with Crippen molar-refractivity contribution >= 4 is 28.9 Å². The van der Waals surface area contributed by atoms with Crippen LogP contribution in [0.15, 0.2) is 46.8 Å². The molecule has 1 aromatic carbocycles. The number of carbonyl (C=O) groups excluding carboxylic acids is 1. The molecule has 1 aliphatic rings. The number of guanidine groups is 1. The third-order valence-corrected chi connectivity index (χ3v) is 5.26. The maximum absolute atomic E-state index is 12.2. The Bertz CT molecular complexity index is 761. The van der Waals surface area contributed by atoms with Gasteiger partial charge in [-0.2, -0.15) is 0 Å². The molecule has 0 saturated carbocycles. The molecule has 1 aromatic heterocycles. The molecule has 1 unspecified atom stereocenters. The van der Waals surface area contributed by atoms with Crippen molar-refractivity contribution in [2.24, 2.45) is 4.99 Å². The topological polar surface area (TPSA) is 66.0 Å². The maximum Gasteiger partial charge on any atom is 0.265 e. The largest absolute Gasteiger partial charge is 0.482 e. The van der Waals surface area contributed by atoms with Crippen LogP contribution in [-0.4, -0.2) is 38.6 Å². The quantitative estimate of drug-likeness (QED) is 0.465. The second kappa shape index (κ2) is 8.71. The first-order chi connectivity index (χ1) is 12.7. The second-order valence-electron chi connectivity index (χ2n) is 6.04. The first kappa shape index (κ1) is 18.3. The number of ether oxygens (including phenoxy) is 1. The van der Waals surface area contributed by atoms with E-state index < -0.39 is 0 Å². The van der Waals surface area contributed by atoms with E-state index in [0.29, 0.717) is 6.54 Å². The molecule has 6 nitrogen and oxygen atoms in total. The molecule has 1 amide bonds. The predicted molar refractivity (Wildman–Crippen MR) is 106 cm³/mol. The van der Waals surface area contributed by atoms with Gasteiger partial charge in [0.05, 0.1) is 11.7 Å². The van der Waals surface area contributed by atoms with Crippen LogP contribution >= 0.6 is 11.3 Å². The van der Waals surface area contributed by atoms with E-state index in [4.69, 9.17) is 4.74 Å². The Morgan fingerprint density at radius 2 is 2.19 bits per heavy atom. The molecule has 0 bridgehead atoms. The predicted octanol–water partition coefficient (Wildman–Crippen LogP) is 2.79. The summed E-state index contributed by atoms with van der Waals surface area (Å²) >= 11 is 1.72. The van der Waals surface area contributed by atoms with Crippen LogP contribution in [0.1, 0.15) is 24.3 Å². The summed E-state index contributed by atoms with van der Waals surface area (Å²) in [4.78, 5) is 19.5. The summed E-state index contributed by atoms with van der Waals surface area (Å²) in [5, 5.41) is 8.77. The summed E-state index contributed by atoms with van der Waals surface area (Å²) in [5.41, 5.74) is 0.845. The molecular formula is C19H24N4O2S. The number of para-hydroxylation sites is 2. The molecule has 0 fully saturated rings. The van der Waals surface area contributed by atoms with Gasteiger partial charge in [-0.15, -0.1) is 11.3 Å². The van der Waals surface area contributed by atoms with Crippen molar-refractivity contribution in [2.45, 2.75) is 19.4 Å². The van der Waals surface area contributed by atoms with Crippen molar-refractivity contribution < 1.29 is 9.53 Å². The van der Waals surface area contributed by atoms with Crippen LogP contribution in [0, 0.1) is 0 Å². The van der Waals surface area contributed by atoms with Gasteiger partial charge in [0.2, 0.25) is 0 Å². The average Bonchev–Trinajstić information content (AvgIpc) is 3.20. The van der Waals surface area contributed by atoms with E-state index in [2.05, 4.69) is 34.0 Å². The number of benzene rings is 1. The van der Waals surface area contributed by atoms with Gasteiger partial charge < -0.3 is 20.3 Å². The molecule has 0 spiro atoms. The molecule has 0 aliphatic carbocycles. The Hall–Kier alpha value is -2.54. The van der Waals surface area contributed by atoms with Crippen molar-refractivity contribution in [3.05, 3.63) is 46.7 Å². The van der Waals surface area contributed by atoms with Crippen LogP contribution in [0.2, 0.25) is 0 Å². The average molecular weight is 372 g/mol. The van der Waals surface area contributed by atoms with E-state index in [9.17, 15) is 4.79 Å². The highest BCUT2D eigenvalue weighted by molar-refractivity contribution is 7.10. The normalized spacial score (nSPS) is 15.2. The Morgan fingerprint density at radius 1 is 1.35 bits per heavy atom. The van der Waals surface area contributed by atoms with Crippen molar-refractivity contribution in [3.8, 4) is 5.75 Å². The zero-order valence-corrected chi connectivity index (χ0v) is 15.9. The van der Waals surface area contributed by atoms with Crippen LogP contribution in [0.25, 0.3) is 0 Å². The molecule has 2 N–H and O–H groups in total. The molecule has 0 radical (unpaired) electrons. The van der Waals surface area contributed by atoms with Gasteiger partial charge >= 0.3 is 0 Å². The Kier molecular flexibility index (Phi) is 6.12. The van der Waals surface area contributed by atoms with Gasteiger partial charge in [0.25, 0.3) is 5.91 Å². The monoisotopic (exact) mass is 372 g/mol. The van der Waals surface area contributed by atoms with Crippen LogP contribution < -0.4 is 20.3 Å². The van der Waals surface area contributed by atoms with E-state index in [-0.39, 0.29) is 18.6 Å². The highest BCUT2D eigenvalue weighted by Crippen LogP contribution is 2.31. The number of thiophene rings is 1. The lowest BCUT2D eigenvalue weighted by molar-refractivity contribution is -0.121. The van der Waals surface area contributed by atoms with E-state index in [0.717, 1.165) is 30.4 Å². The lowest BCUT2D eigenvalue weighted by Crippen LogP contribution is -2.42. The number of fused-ring (bicyclic) bond motifs is 1. The molecule has 1 aliphatic heterocycles. The van der Waals surface area contributed by atoms with Gasteiger partial charge in [0, 0.05) is 25.0 Å². The van der Waals surface area contributed by atoms with Crippen LogP contribution in [-0.2, 0) is 4.79 Å². The summed E-state index contributed by atoms with van der Waals surface area (Å²) < 4.78 is 5.47. The van der Waals surface area contributed by atoms with Crippen LogP contribution in [0.5, 0.6) is 5.75 Å². The van der Waals surface area contributed by atoms with Crippen LogP contribution in [0.4, 0.5) is 5.69 Å². The number of rotatable bonds is 6. The molecule has 1 atom stereocenters. The Balaban J connectivity index is 1.48. The number of amides is 1. The lowest BCUT2D eigenvalue weighted by atomic mass is 10.2. The minimum atomic E-state index is -0.00229. The zero-order chi connectivity index (χ0) is 18.4. The van der Waals surface area contributed by atoms with Crippen molar-refractivity contribution in [1.29, 1.82) is 0 Å².